The van der Waals surface area contributed by atoms with Gasteiger partial charge in [-0.15, -0.1) is 0 Å². The molecule has 2 N–H and O–H groups in total. The summed E-state index contributed by atoms with van der Waals surface area (Å²) in [6.07, 6.45) is 3.17. The van der Waals surface area contributed by atoms with Crippen LogP contribution in [-0.2, 0) is 11.3 Å². The highest BCUT2D eigenvalue weighted by Crippen LogP contribution is 2.14. The van der Waals surface area contributed by atoms with Crippen molar-refractivity contribution in [3.8, 4) is 0 Å². The number of hydrogen-bond acceptors (Lipinski definition) is 6. The van der Waals surface area contributed by atoms with Crippen LogP contribution in [0.5, 0.6) is 0 Å². The van der Waals surface area contributed by atoms with Crippen molar-refractivity contribution in [1.29, 1.82) is 0 Å². The summed E-state index contributed by atoms with van der Waals surface area (Å²) in [5, 5.41) is 0. The maximum atomic E-state index is 11.9. The summed E-state index contributed by atoms with van der Waals surface area (Å²) >= 11 is 0. The lowest BCUT2D eigenvalue weighted by atomic mass is 10.4. The van der Waals surface area contributed by atoms with Gasteiger partial charge in [0.1, 0.15) is 25.1 Å². The number of aryl methyl sites for hydroxylation is 1. The molecular formula is C12H17FN6O2. The smallest absolute Gasteiger partial charge is 0.409 e. The van der Waals surface area contributed by atoms with Gasteiger partial charge in [0.15, 0.2) is 11.5 Å². The lowest BCUT2D eigenvalue weighted by molar-refractivity contribution is 0.104. The zero-order valence-corrected chi connectivity index (χ0v) is 11.7. The van der Waals surface area contributed by atoms with Crippen LogP contribution in [0.25, 0.3) is 11.2 Å². The molecular weight excluding hydrogens is 279 g/mol. The maximum Gasteiger partial charge on any atom is 0.409 e. The summed E-state index contributed by atoms with van der Waals surface area (Å²) in [5.41, 5.74) is 6.93. The number of nitrogens with zero attached hydrogens (tertiary/aromatic N) is 5. The first-order chi connectivity index (χ1) is 10.1. The van der Waals surface area contributed by atoms with E-state index in [2.05, 4.69) is 19.7 Å². The van der Waals surface area contributed by atoms with Gasteiger partial charge in [-0.2, -0.15) is 0 Å². The zero-order chi connectivity index (χ0) is 15.2. The number of nitrogens with two attached hydrogens (primary N) is 1. The molecule has 2 aromatic rings. The first-order valence-corrected chi connectivity index (χ1v) is 6.48. The number of alkyl halides is 1. The number of fused-ring (bicyclic) bond motifs is 1. The highest BCUT2D eigenvalue weighted by atomic mass is 19.1. The Morgan fingerprint density at radius 3 is 3.05 bits per heavy atom. The van der Waals surface area contributed by atoms with Crippen LogP contribution in [-0.4, -0.2) is 57.4 Å². The van der Waals surface area contributed by atoms with E-state index >= 15 is 0 Å². The number of aromatic nitrogens is 4. The first-order valence-electron chi connectivity index (χ1n) is 6.48. The van der Waals surface area contributed by atoms with Crippen LogP contribution in [0.2, 0.25) is 0 Å². The highest BCUT2D eigenvalue weighted by molar-refractivity contribution is 5.81. The molecule has 114 valence electrons. The second-order valence-corrected chi connectivity index (χ2v) is 4.45. The number of imidazole rings is 1. The van der Waals surface area contributed by atoms with E-state index in [-0.39, 0.29) is 6.61 Å². The minimum atomic E-state index is -0.679. The molecule has 0 aliphatic rings. The van der Waals surface area contributed by atoms with Crippen LogP contribution < -0.4 is 5.73 Å². The second kappa shape index (κ2) is 6.82. The normalized spacial score (nSPS) is 10.8. The summed E-state index contributed by atoms with van der Waals surface area (Å²) in [6.45, 7) is 0.201. The fourth-order valence-electron chi connectivity index (χ4n) is 1.87. The topological polar surface area (TPSA) is 99.2 Å². The molecule has 1 amide bonds. The number of carbonyl (C=O) groups excluding carboxylic acids is 1. The second-order valence-electron chi connectivity index (χ2n) is 4.45. The van der Waals surface area contributed by atoms with Gasteiger partial charge in [-0.3, -0.25) is 0 Å². The Kier molecular flexibility index (Phi) is 4.85. The van der Waals surface area contributed by atoms with Crippen LogP contribution in [0.3, 0.4) is 0 Å². The molecule has 0 bridgehead atoms. The van der Waals surface area contributed by atoms with Crippen molar-refractivity contribution in [2.75, 3.05) is 32.6 Å². The lowest BCUT2D eigenvalue weighted by Crippen LogP contribution is -2.29. The lowest BCUT2D eigenvalue weighted by Gasteiger charge is -2.16. The van der Waals surface area contributed by atoms with Crippen LogP contribution in [0.1, 0.15) is 6.42 Å². The Bertz CT molecular complexity index is 617. The fourth-order valence-corrected chi connectivity index (χ4v) is 1.87. The van der Waals surface area contributed by atoms with E-state index in [4.69, 9.17) is 5.73 Å². The zero-order valence-electron chi connectivity index (χ0n) is 11.7. The SMILES string of the molecule is CN(CCCn1cnc2c(N)ncnc21)C(=O)OCCF. The molecule has 8 nitrogen and oxygen atoms in total. The molecule has 0 saturated heterocycles. The average Bonchev–Trinajstić information content (AvgIpc) is 2.89. The molecule has 9 heteroatoms. The third-order valence-electron chi connectivity index (χ3n) is 2.94. The Labute approximate surface area is 120 Å². The van der Waals surface area contributed by atoms with E-state index in [9.17, 15) is 9.18 Å². The summed E-state index contributed by atoms with van der Waals surface area (Å²) in [6, 6.07) is 0. The molecule has 0 unspecified atom stereocenters. The van der Waals surface area contributed by atoms with Gasteiger partial charge in [-0.1, -0.05) is 0 Å². The molecule has 0 spiro atoms. The predicted octanol–water partition coefficient (Wildman–Crippen LogP) is 0.836. The summed E-state index contributed by atoms with van der Waals surface area (Å²) in [7, 11) is 1.60. The molecule has 0 aliphatic heterocycles. The van der Waals surface area contributed by atoms with E-state index in [0.29, 0.717) is 36.5 Å². The predicted molar refractivity (Wildman–Crippen MR) is 74.3 cm³/mol. The highest BCUT2D eigenvalue weighted by Gasteiger charge is 2.11. The molecule has 0 saturated carbocycles. The van der Waals surface area contributed by atoms with Crippen molar-refractivity contribution in [2.24, 2.45) is 0 Å². The van der Waals surface area contributed by atoms with Crippen molar-refractivity contribution in [3.05, 3.63) is 12.7 Å². The Morgan fingerprint density at radius 1 is 1.48 bits per heavy atom. The summed E-state index contributed by atoms with van der Waals surface area (Å²) in [4.78, 5) is 25.0. The molecule has 0 atom stereocenters. The van der Waals surface area contributed by atoms with Gasteiger partial charge < -0.3 is 19.9 Å². The average molecular weight is 296 g/mol. The molecule has 0 radical (unpaired) electrons. The van der Waals surface area contributed by atoms with E-state index in [0.717, 1.165) is 0 Å². The molecule has 0 aromatic carbocycles. The standard InChI is InChI=1S/C12H17FN6O2/c1-18(12(20)21-6-3-13)4-2-5-19-8-17-9-10(14)15-7-16-11(9)19/h7-8H,2-6H2,1H3,(H2,14,15,16). The number of hydrogen-bond donors (Lipinski definition) is 1. The van der Waals surface area contributed by atoms with Crippen LogP contribution >= 0.6 is 0 Å². The van der Waals surface area contributed by atoms with Gasteiger partial charge in [0.2, 0.25) is 0 Å². The Balaban J connectivity index is 1.88. The quantitative estimate of drug-likeness (QED) is 0.848. The van der Waals surface area contributed by atoms with Crippen LogP contribution in [0.15, 0.2) is 12.7 Å². The monoisotopic (exact) mass is 296 g/mol. The summed E-state index contributed by atoms with van der Waals surface area (Å²) < 4.78 is 18.4. The van der Waals surface area contributed by atoms with Crippen molar-refractivity contribution < 1.29 is 13.9 Å². The molecule has 2 aromatic heterocycles. The van der Waals surface area contributed by atoms with Gasteiger partial charge in [0, 0.05) is 20.1 Å². The Morgan fingerprint density at radius 2 is 2.29 bits per heavy atom. The largest absolute Gasteiger partial charge is 0.447 e. The minimum absolute atomic E-state index is 0.217. The van der Waals surface area contributed by atoms with Gasteiger partial charge in [-0.25, -0.2) is 24.1 Å². The van der Waals surface area contributed by atoms with Crippen molar-refractivity contribution >= 4 is 23.1 Å². The number of ether oxygens (including phenoxy) is 1. The maximum absolute atomic E-state index is 11.9. The van der Waals surface area contributed by atoms with Crippen molar-refractivity contribution in [1.82, 2.24) is 24.4 Å². The van der Waals surface area contributed by atoms with Crippen LogP contribution in [0, 0.1) is 0 Å². The molecule has 0 fully saturated rings. The van der Waals surface area contributed by atoms with E-state index in [1.54, 1.807) is 13.4 Å². The number of anilines is 1. The fraction of sp³-hybridized carbons (Fsp3) is 0.500. The van der Waals surface area contributed by atoms with Gasteiger partial charge >= 0.3 is 6.09 Å². The minimum Gasteiger partial charge on any atom is -0.447 e. The number of nitrogen functional groups attached to an aromatic ring is 1. The van der Waals surface area contributed by atoms with Gasteiger partial charge in [-0.05, 0) is 6.42 Å². The third-order valence-corrected chi connectivity index (χ3v) is 2.94. The molecule has 2 rings (SSSR count). The molecule has 2 heterocycles. The van der Waals surface area contributed by atoms with E-state index in [1.165, 1.54) is 11.2 Å². The number of halogens is 1. The first kappa shape index (κ1) is 14.9. The van der Waals surface area contributed by atoms with Crippen LogP contribution in [0.4, 0.5) is 15.0 Å². The Hall–Kier alpha value is -2.45. The van der Waals surface area contributed by atoms with Crippen molar-refractivity contribution in [2.45, 2.75) is 13.0 Å². The molecule has 0 aliphatic carbocycles. The summed E-state index contributed by atoms with van der Waals surface area (Å²) in [5.74, 6) is 0.339. The van der Waals surface area contributed by atoms with Gasteiger partial charge in [0.05, 0.1) is 6.33 Å². The number of amides is 1. The van der Waals surface area contributed by atoms with E-state index in [1.807, 2.05) is 4.57 Å². The molecule has 21 heavy (non-hydrogen) atoms. The van der Waals surface area contributed by atoms with E-state index < -0.39 is 12.8 Å². The number of rotatable bonds is 6. The number of carbonyl (C=O) groups is 1. The van der Waals surface area contributed by atoms with Gasteiger partial charge in [0.25, 0.3) is 0 Å². The van der Waals surface area contributed by atoms with Crippen molar-refractivity contribution in [3.63, 3.8) is 0 Å². The third kappa shape index (κ3) is 3.56.